The molecule has 59 heavy (non-hydrogen) atoms. The van der Waals surface area contributed by atoms with Crippen molar-refractivity contribution < 1.29 is 0 Å². The molecule has 272 valence electrons. The van der Waals surface area contributed by atoms with Crippen LogP contribution >= 0.6 is 11.3 Å². The van der Waals surface area contributed by atoms with E-state index in [0.29, 0.717) is 5.95 Å². The predicted octanol–water partition coefficient (Wildman–Crippen LogP) is 14.7. The molecule has 0 unspecified atom stereocenters. The lowest BCUT2D eigenvalue weighted by Gasteiger charge is -2.15. The fourth-order valence-corrected chi connectivity index (χ4v) is 11.4. The highest BCUT2D eigenvalue weighted by Crippen LogP contribution is 2.52. The lowest BCUT2D eigenvalue weighted by molar-refractivity contribution is 1.02. The van der Waals surface area contributed by atoms with Crippen LogP contribution in [-0.4, -0.2) is 19.1 Å². The Morgan fingerprint density at radius 2 is 1.05 bits per heavy atom. The highest BCUT2D eigenvalue weighted by molar-refractivity contribution is 7.25. The lowest BCUT2D eigenvalue weighted by Crippen LogP contribution is -2.04. The van der Waals surface area contributed by atoms with Gasteiger partial charge in [0.1, 0.15) is 0 Å². The summed E-state index contributed by atoms with van der Waals surface area (Å²) in [4.78, 5) is 11.3. The zero-order chi connectivity index (χ0) is 38.3. The number of fused-ring (bicyclic) bond motifs is 18. The van der Waals surface area contributed by atoms with Crippen molar-refractivity contribution in [3.63, 3.8) is 0 Å². The quantitative estimate of drug-likeness (QED) is 0.164. The van der Waals surface area contributed by atoms with Crippen molar-refractivity contribution in [2.75, 3.05) is 0 Å². The maximum Gasteiger partial charge on any atom is 0.235 e. The fraction of sp³-hybridized carbons (Fsp3) is 0. The molecular formula is C54H30N4S. The first-order valence-corrected chi connectivity index (χ1v) is 20.9. The number of nitrogens with zero attached hydrogens (tertiary/aromatic N) is 4. The SMILES string of the molecule is c1ccc2c(c1)-c1ccccc1-n1c3ccccc3c3cc4c(c-2c31)c1ccccc1n4-c1nc(-c2cccc3sc4ccccc4c23)c2c(ccc3ccccc32)n1. The van der Waals surface area contributed by atoms with Gasteiger partial charge >= 0.3 is 0 Å². The van der Waals surface area contributed by atoms with Gasteiger partial charge in [-0.2, -0.15) is 0 Å². The largest absolute Gasteiger partial charge is 0.308 e. The van der Waals surface area contributed by atoms with Gasteiger partial charge in [-0.25, -0.2) is 9.97 Å². The second-order valence-corrected chi connectivity index (χ2v) is 16.7. The van der Waals surface area contributed by atoms with Gasteiger partial charge in [-0.1, -0.05) is 140 Å². The molecule has 4 aromatic heterocycles. The second-order valence-electron chi connectivity index (χ2n) is 15.6. The highest BCUT2D eigenvalue weighted by Gasteiger charge is 2.29. The molecule has 0 fully saturated rings. The van der Waals surface area contributed by atoms with Crippen LogP contribution in [0, 0.1) is 0 Å². The first kappa shape index (κ1) is 31.5. The Bertz CT molecular complexity index is 3980. The van der Waals surface area contributed by atoms with Gasteiger partial charge in [-0.05, 0) is 64.4 Å². The standard InChI is InChI=1S/C54H30N4S/c1-2-15-32-31(14-1)28-29-41-49(32)52(39-22-13-27-47-48(39)38-21-8-12-26-46(38)59-47)56-54(55-41)58-44-25-11-7-20-37(44)50-45(58)30-40-35-18-6-10-24-43(35)57-42-23-9-5-17-34(42)33-16-3-4-19-36(33)51(50)53(40)57/h1-30H. The fourth-order valence-electron chi connectivity index (χ4n) is 10.3. The van der Waals surface area contributed by atoms with Crippen LogP contribution in [0.3, 0.4) is 0 Å². The van der Waals surface area contributed by atoms with E-state index in [4.69, 9.17) is 9.97 Å². The van der Waals surface area contributed by atoms with Crippen LogP contribution < -0.4 is 0 Å². The molecule has 0 saturated carbocycles. The van der Waals surface area contributed by atoms with Crippen molar-refractivity contribution in [1.82, 2.24) is 19.1 Å². The summed E-state index contributed by atoms with van der Waals surface area (Å²) in [7, 11) is 0. The third-order valence-corrected chi connectivity index (χ3v) is 13.8. The first-order valence-electron chi connectivity index (χ1n) is 20.1. The molecular weight excluding hydrogens is 737 g/mol. The zero-order valence-corrected chi connectivity index (χ0v) is 32.3. The topological polar surface area (TPSA) is 35.6 Å². The Balaban J connectivity index is 1.19. The molecule has 13 aromatic rings. The van der Waals surface area contributed by atoms with E-state index in [1.165, 1.54) is 86.1 Å². The smallest absolute Gasteiger partial charge is 0.235 e. The number of thiophene rings is 1. The van der Waals surface area contributed by atoms with Gasteiger partial charge in [-0.3, -0.25) is 4.57 Å². The molecule has 0 radical (unpaired) electrons. The van der Waals surface area contributed by atoms with Crippen molar-refractivity contribution in [3.8, 4) is 45.1 Å². The molecule has 0 bridgehead atoms. The van der Waals surface area contributed by atoms with Gasteiger partial charge in [0.05, 0.1) is 39.0 Å². The minimum Gasteiger partial charge on any atom is -0.308 e. The molecule has 0 amide bonds. The maximum absolute atomic E-state index is 5.76. The highest BCUT2D eigenvalue weighted by atomic mass is 32.1. The van der Waals surface area contributed by atoms with E-state index in [0.717, 1.165) is 38.6 Å². The van der Waals surface area contributed by atoms with Crippen molar-refractivity contribution in [2.45, 2.75) is 0 Å². The molecule has 0 saturated heterocycles. The number of aromatic nitrogens is 4. The number of hydrogen-bond acceptors (Lipinski definition) is 3. The number of hydrogen-bond donors (Lipinski definition) is 0. The van der Waals surface area contributed by atoms with Gasteiger partial charge in [-0.15, -0.1) is 11.3 Å². The minimum absolute atomic E-state index is 0.658. The molecule has 0 spiro atoms. The van der Waals surface area contributed by atoms with Crippen molar-refractivity contribution >= 4 is 96.8 Å². The summed E-state index contributed by atoms with van der Waals surface area (Å²) in [5.41, 5.74) is 13.7. The summed E-state index contributed by atoms with van der Waals surface area (Å²) < 4.78 is 7.36. The van der Waals surface area contributed by atoms with Gasteiger partial charge in [0.25, 0.3) is 0 Å². The Kier molecular flexibility index (Phi) is 6.14. The van der Waals surface area contributed by atoms with Crippen LogP contribution in [0.15, 0.2) is 182 Å². The zero-order valence-electron chi connectivity index (χ0n) is 31.5. The molecule has 14 rings (SSSR count). The molecule has 0 aliphatic carbocycles. The molecule has 0 N–H and O–H groups in total. The van der Waals surface area contributed by atoms with Crippen molar-refractivity contribution in [3.05, 3.63) is 182 Å². The third-order valence-electron chi connectivity index (χ3n) is 12.7. The summed E-state index contributed by atoms with van der Waals surface area (Å²) in [5.74, 6) is 0.658. The molecule has 1 aliphatic heterocycles. The summed E-state index contributed by atoms with van der Waals surface area (Å²) in [6.45, 7) is 0. The molecule has 9 aromatic carbocycles. The molecule has 5 heterocycles. The van der Waals surface area contributed by atoms with E-state index in [1.54, 1.807) is 0 Å². The van der Waals surface area contributed by atoms with Gasteiger partial charge in [0.15, 0.2) is 0 Å². The first-order chi connectivity index (χ1) is 29.3. The van der Waals surface area contributed by atoms with E-state index in [9.17, 15) is 0 Å². The van der Waals surface area contributed by atoms with Crippen LogP contribution in [0.1, 0.15) is 0 Å². The van der Waals surface area contributed by atoms with Crippen LogP contribution in [0.25, 0.3) is 131 Å². The van der Waals surface area contributed by atoms with Crippen LogP contribution in [0.5, 0.6) is 0 Å². The molecule has 5 heteroatoms. The average Bonchev–Trinajstić information content (AvgIpc) is 3.93. The van der Waals surface area contributed by atoms with E-state index >= 15 is 0 Å². The van der Waals surface area contributed by atoms with Gasteiger partial charge < -0.3 is 4.57 Å². The van der Waals surface area contributed by atoms with Crippen molar-refractivity contribution in [1.29, 1.82) is 0 Å². The minimum atomic E-state index is 0.658. The molecule has 0 atom stereocenters. The Hall–Kier alpha value is -7.60. The van der Waals surface area contributed by atoms with Crippen LogP contribution in [-0.2, 0) is 0 Å². The van der Waals surface area contributed by atoms with Crippen LogP contribution in [0.4, 0.5) is 0 Å². The second kappa shape index (κ2) is 11.5. The third kappa shape index (κ3) is 4.11. The predicted molar refractivity (Wildman–Crippen MR) is 248 cm³/mol. The van der Waals surface area contributed by atoms with Crippen molar-refractivity contribution in [2.24, 2.45) is 0 Å². The van der Waals surface area contributed by atoms with Gasteiger partial charge in [0, 0.05) is 63.8 Å². The average molecular weight is 767 g/mol. The van der Waals surface area contributed by atoms with E-state index < -0.39 is 0 Å². The summed E-state index contributed by atoms with van der Waals surface area (Å²) in [6.07, 6.45) is 0. The Morgan fingerprint density at radius 1 is 0.390 bits per heavy atom. The Morgan fingerprint density at radius 3 is 1.93 bits per heavy atom. The molecule has 1 aliphatic rings. The summed E-state index contributed by atoms with van der Waals surface area (Å²) in [6, 6.07) is 66.3. The normalized spacial score (nSPS) is 12.4. The van der Waals surface area contributed by atoms with E-state index in [-0.39, 0.29) is 0 Å². The van der Waals surface area contributed by atoms with Crippen LogP contribution in [0.2, 0.25) is 0 Å². The maximum atomic E-state index is 5.76. The number of benzene rings is 9. The Labute approximate surface area is 341 Å². The van der Waals surface area contributed by atoms with E-state index in [1.807, 2.05) is 11.3 Å². The summed E-state index contributed by atoms with van der Waals surface area (Å²) in [5, 5.41) is 10.7. The monoisotopic (exact) mass is 766 g/mol. The lowest BCUT2D eigenvalue weighted by atomic mass is 9.91. The number of rotatable bonds is 2. The van der Waals surface area contributed by atoms with E-state index in [2.05, 4.69) is 191 Å². The molecule has 4 nitrogen and oxygen atoms in total. The summed E-state index contributed by atoms with van der Waals surface area (Å²) >= 11 is 1.84. The number of para-hydroxylation sites is 3. The van der Waals surface area contributed by atoms with Gasteiger partial charge in [0.2, 0.25) is 5.95 Å².